The summed E-state index contributed by atoms with van der Waals surface area (Å²) >= 11 is 0. The Hall–Kier alpha value is -1.44. The van der Waals surface area contributed by atoms with E-state index in [1.54, 1.807) is 0 Å². The summed E-state index contributed by atoms with van der Waals surface area (Å²) in [4.78, 5) is 11.5. The monoisotopic (exact) mass is 272 g/mol. The minimum Gasteiger partial charge on any atom is -0.354 e. The molecule has 100 valence electrons. The van der Waals surface area contributed by atoms with E-state index in [-0.39, 0.29) is 6.54 Å². The molecular weight excluding hydrogens is 256 g/mol. The zero-order chi connectivity index (χ0) is 13.6. The zero-order valence-corrected chi connectivity index (χ0v) is 10.6. The molecule has 0 radical (unpaired) electrons. The number of hydrogen-bond acceptors (Lipinski definition) is 4. The van der Waals surface area contributed by atoms with Crippen molar-refractivity contribution in [3.05, 3.63) is 35.9 Å². The van der Waals surface area contributed by atoms with Crippen LogP contribution in [-0.2, 0) is 21.3 Å². The number of hydrogen-bond donors (Lipinski definition) is 3. The quantitative estimate of drug-likeness (QED) is 0.608. The molecule has 1 aromatic carbocycles. The van der Waals surface area contributed by atoms with Crippen molar-refractivity contribution in [1.29, 1.82) is 0 Å². The molecule has 1 amide bonds. The van der Waals surface area contributed by atoms with Crippen LogP contribution < -0.4 is 11.1 Å². The van der Waals surface area contributed by atoms with Crippen LogP contribution in [-0.4, -0.2) is 37.2 Å². The van der Waals surface area contributed by atoms with Gasteiger partial charge in [0.15, 0.2) is 0 Å². The van der Waals surface area contributed by atoms with Gasteiger partial charge in [-0.05, 0) is 12.0 Å². The van der Waals surface area contributed by atoms with Gasteiger partial charge >= 0.3 is 0 Å². The van der Waals surface area contributed by atoms with Crippen molar-refractivity contribution in [1.82, 2.24) is 5.32 Å². The van der Waals surface area contributed by atoms with Crippen LogP contribution in [0, 0.1) is 0 Å². The maximum Gasteiger partial charge on any atom is 0.266 e. The van der Waals surface area contributed by atoms with E-state index in [9.17, 15) is 13.2 Å². The van der Waals surface area contributed by atoms with Crippen LogP contribution in [0.25, 0.3) is 0 Å². The molecular formula is C11H16N2O4S. The summed E-state index contributed by atoms with van der Waals surface area (Å²) in [6.07, 6.45) is 0.374. The molecule has 6 nitrogen and oxygen atoms in total. The first-order chi connectivity index (χ1) is 8.38. The van der Waals surface area contributed by atoms with E-state index < -0.39 is 27.8 Å². The zero-order valence-electron chi connectivity index (χ0n) is 9.74. The molecule has 0 aromatic heterocycles. The third kappa shape index (κ3) is 5.76. The summed E-state index contributed by atoms with van der Waals surface area (Å²) in [5, 5.41) is 2.36. The van der Waals surface area contributed by atoms with Crippen molar-refractivity contribution in [2.45, 2.75) is 12.5 Å². The van der Waals surface area contributed by atoms with Crippen molar-refractivity contribution in [3.8, 4) is 0 Å². The minimum atomic E-state index is -4.06. The Balaban J connectivity index is 2.38. The topological polar surface area (TPSA) is 109 Å². The lowest BCUT2D eigenvalue weighted by molar-refractivity contribution is -0.122. The van der Waals surface area contributed by atoms with Crippen LogP contribution in [0.1, 0.15) is 5.56 Å². The number of rotatable bonds is 6. The van der Waals surface area contributed by atoms with Crippen molar-refractivity contribution in [3.63, 3.8) is 0 Å². The van der Waals surface area contributed by atoms with Gasteiger partial charge in [0.05, 0.1) is 11.8 Å². The second-order valence-electron chi connectivity index (χ2n) is 3.87. The average Bonchev–Trinajstić information content (AvgIpc) is 2.28. The van der Waals surface area contributed by atoms with Gasteiger partial charge in [-0.25, -0.2) is 0 Å². The summed E-state index contributed by atoms with van der Waals surface area (Å²) in [5.74, 6) is -0.959. The van der Waals surface area contributed by atoms with Gasteiger partial charge in [0.25, 0.3) is 10.1 Å². The molecule has 0 unspecified atom stereocenters. The van der Waals surface area contributed by atoms with Crippen LogP contribution in [0.2, 0.25) is 0 Å². The van der Waals surface area contributed by atoms with E-state index in [1.165, 1.54) is 0 Å². The van der Waals surface area contributed by atoms with E-state index in [2.05, 4.69) is 5.32 Å². The highest BCUT2D eigenvalue weighted by Gasteiger charge is 2.14. The second kappa shape index (κ2) is 6.48. The van der Waals surface area contributed by atoms with E-state index in [0.29, 0.717) is 6.42 Å². The molecule has 0 saturated heterocycles. The predicted molar refractivity (Wildman–Crippen MR) is 67.5 cm³/mol. The molecule has 7 heteroatoms. The van der Waals surface area contributed by atoms with Gasteiger partial charge in [0.2, 0.25) is 5.91 Å². The molecule has 0 saturated carbocycles. The first-order valence-corrected chi connectivity index (χ1v) is 7.02. The normalized spacial score (nSPS) is 13.0. The van der Waals surface area contributed by atoms with Gasteiger partial charge in [-0.1, -0.05) is 30.3 Å². The van der Waals surface area contributed by atoms with E-state index in [1.807, 2.05) is 30.3 Å². The highest BCUT2D eigenvalue weighted by Crippen LogP contribution is 2.01. The van der Waals surface area contributed by atoms with Gasteiger partial charge in [-0.15, -0.1) is 0 Å². The van der Waals surface area contributed by atoms with Crippen LogP contribution in [0.15, 0.2) is 30.3 Å². The summed E-state index contributed by atoms with van der Waals surface area (Å²) < 4.78 is 29.4. The fraction of sp³-hybridized carbons (Fsp3) is 0.364. The molecule has 0 aliphatic heterocycles. The summed E-state index contributed by atoms with van der Waals surface area (Å²) in [5.41, 5.74) is 6.60. The third-order valence-electron chi connectivity index (χ3n) is 2.29. The largest absolute Gasteiger partial charge is 0.354 e. The average molecular weight is 272 g/mol. The Bertz CT molecular complexity index is 487. The van der Waals surface area contributed by atoms with Gasteiger partial charge in [0.1, 0.15) is 0 Å². The molecule has 0 spiro atoms. The minimum absolute atomic E-state index is 0.153. The SMILES string of the molecule is N[C@@H](Cc1ccccc1)C(=O)NCCS(=O)(=O)O. The van der Waals surface area contributed by atoms with Gasteiger partial charge in [-0.3, -0.25) is 9.35 Å². The number of carbonyl (C=O) groups excluding carboxylic acids is 1. The van der Waals surface area contributed by atoms with Crippen molar-refractivity contribution >= 4 is 16.0 Å². The number of nitrogens with one attached hydrogen (secondary N) is 1. The van der Waals surface area contributed by atoms with Gasteiger partial charge in [0, 0.05) is 6.54 Å². The van der Waals surface area contributed by atoms with E-state index in [0.717, 1.165) is 5.56 Å². The van der Waals surface area contributed by atoms with Gasteiger partial charge in [-0.2, -0.15) is 8.42 Å². The summed E-state index contributed by atoms with van der Waals surface area (Å²) in [6.45, 7) is -0.153. The van der Waals surface area contributed by atoms with E-state index >= 15 is 0 Å². The molecule has 4 N–H and O–H groups in total. The maximum absolute atomic E-state index is 11.5. The number of amides is 1. The Kier molecular flexibility index (Phi) is 5.26. The first kappa shape index (κ1) is 14.6. The van der Waals surface area contributed by atoms with Crippen LogP contribution in [0.3, 0.4) is 0 Å². The Morgan fingerprint density at radius 1 is 1.33 bits per heavy atom. The number of carbonyl (C=O) groups is 1. The Morgan fingerprint density at radius 3 is 2.50 bits per heavy atom. The fourth-order valence-electron chi connectivity index (χ4n) is 1.40. The highest BCUT2D eigenvalue weighted by molar-refractivity contribution is 7.85. The van der Waals surface area contributed by atoms with Crippen molar-refractivity contribution < 1.29 is 17.8 Å². The van der Waals surface area contributed by atoms with E-state index in [4.69, 9.17) is 10.3 Å². The molecule has 0 aliphatic rings. The van der Waals surface area contributed by atoms with Crippen LogP contribution in [0.5, 0.6) is 0 Å². The molecule has 0 bridgehead atoms. The number of benzene rings is 1. The van der Waals surface area contributed by atoms with Gasteiger partial charge < -0.3 is 11.1 Å². The van der Waals surface area contributed by atoms with Crippen LogP contribution in [0.4, 0.5) is 0 Å². The molecule has 0 fully saturated rings. The van der Waals surface area contributed by atoms with Crippen molar-refractivity contribution in [2.24, 2.45) is 5.73 Å². The number of nitrogens with two attached hydrogens (primary N) is 1. The molecule has 18 heavy (non-hydrogen) atoms. The maximum atomic E-state index is 11.5. The molecule has 1 atom stereocenters. The molecule has 0 heterocycles. The Morgan fingerprint density at radius 2 is 1.94 bits per heavy atom. The molecule has 1 aromatic rings. The second-order valence-corrected chi connectivity index (χ2v) is 5.45. The lowest BCUT2D eigenvalue weighted by Crippen LogP contribution is -2.43. The highest BCUT2D eigenvalue weighted by atomic mass is 32.2. The lowest BCUT2D eigenvalue weighted by Gasteiger charge is -2.11. The van der Waals surface area contributed by atoms with Crippen molar-refractivity contribution in [2.75, 3.05) is 12.3 Å². The first-order valence-electron chi connectivity index (χ1n) is 5.41. The molecule has 0 aliphatic carbocycles. The standard InChI is InChI=1S/C11H16N2O4S/c12-10(8-9-4-2-1-3-5-9)11(14)13-6-7-18(15,16)17/h1-5,10H,6-8,12H2,(H,13,14)(H,15,16,17)/t10-/m0/s1. The smallest absolute Gasteiger partial charge is 0.266 e. The summed E-state index contributed by atoms with van der Waals surface area (Å²) in [6, 6.07) is 8.52. The summed E-state index contributed by atoms with van der Waals surface area (Å²) in [7, 11) is -4.06. The predicted octanol–water partition coefficient (Wildman–Crippen LogP) is -0.440. The third-order valence-corrected chi connectivity index (χ3v) is 3.01. The lowest BCUT2D eigenvalue weighted by atomic mass is 10.1. The molecule has 1 rings (SSSR count). The van der Waals surface area contributed by atoms with Crippen LogP contribution >= 0.6 is 0 Å². The fourth-order valence-corrected chi connectivity index (χ4v) is 1.76. The Labute approximate surface area is 106 Å².